The van der Waals surface area contributed by atoms with Crippen LogP contribution in [0, 0.1) is 20.8 Å². The predicted molar refractivity (Wildman–Crippen MR) is 93.3 cm³/mol. The lowest BCUT2D eigenvalue weighted by Crippen LogP contribution is -2.14. The molecule has 0 radical (unpaired) electrons. The van der Waals surface area contributed by atoms with Gasteiger partial charge >= 0.3 is 0 Å². The summed E-state index contributed by atoms with van der Waals surface area (Å²) in [6.07, 6.45) is -0.595. The number of benzene rings is 1. The van der Waals surface area contributed by atoms with Gasteiger partial charge in [-0.3, -0.25) is 0 Å². The average molecular weight is 323 g/mol. The number of rotatable bonds is 5. The van der Waals surface area contributed by atoms with Crippen molar-refractivity contribution in [2.24, 2.45) is 0 Å². The first kappa shape index (κ1) is 16.1. The van der Waals surface area contributed by atoms with Gasteiger partial charge in [-0.2, -0.15) is 5.10 Å². The molecule has 0 amide bonds. The van der Waals surface area contributed by atoms with Gasteiger partial charge in [-0.1, -0.05) is 29.8 Å². The maximum Gasteiger partial charge on any atom is 0.176 e. The van der Waals surface area contributed by atoms with Crippen molar-refractivity contribution in [2.75, 3.05) is 11.9 Å². The summed E-state index contributed by atoms with van der Waals surface area (Å²) in [6, 6.07) is 13.5. The minimum Gasteiger partial charge on any atom is -0.387 e. The molecule has 1 aromatic carbocycles. The zero-order chi connectivity index (χ0) is 17.1. The SMILES string of the molecule is Cc1cccc(C(O)CNc2ccc(-n3nc(C)cc3C)nn2)c1. The highest BCUT2D eigenvalue weighted by Crippen LogP contribution is 2.15. The fourth-order valence-corrected chi connectivity index (χ4v) is 2.59. The first-order chi connectivity index (χ1) is 11.5. The van der Waals surface area contributed by atoms with E-state index in [0.29, 0.717) is 18.2 Å². The Morgan fingerprint density at radius 1 is 1.08 bits per heavy atom. The lowest BCUT2D eigenvalue weighted by Gasteiger charge is -2.13. The second-order valence-electron chi connectivity index (χ2n) is 5.93. The van der Waals surface area contributed by atoms with Crippen LogP contribution in [0.2, 0.25) is 0 Å². The van der Waals surface area contributed by atoms with Gasteiger partial charge in [0, 0.05) is 12.2 Å². The van der Waals surface area contributed by atoms with Crippen LogP contribution in [0.3, 0.4) is 0 Å². The van der Waals surface area contributed by atoms with Gasteiger partial charge < -0.3 is 10.4 Å². The van der Waals surface area contributed by atoms with Crippen molar-refractivity contribution in [1.82, 2.24) is 20.0 Å². The third-order valence-electron chi connectivity index (χ3n) is 3.78. The highest BCUT2D eigenvalue weighted by Gasteiger charge is 2.09. The molecular weight excluding hydrogens is 302 g/mol. The summed E-state index contributed by atoms with van der Waals surface area (Å²) in [5.41, 5.74) is 3.96. The molecule has 0 bridgehead atoms. The van der Waals surface area contributed by atoms with Crippen molar-refractivity contribution in [3.05, 3.63) is 65.0 Å². The number of hydrogen-bond acceptors (Lipinski definition) is 5. The van der Waals surface area contributed by atoms with Crippen molar-refractivity contribution in [2.45, 2.75) is 26.9 Å². The minimum absolute atomic E-state index is 0.372. The van der Waals surface area contributed by atoms with Crippen LogP contribution in [0.4, 0.5) is 5.82 Å². The van der Waals surface area contributed by atoms with Gasteiger partial charge in [0.2, 0.25) is 0 Å². The largest absolute Gasteiger partial charge is 0.387 e. The van der Waals surface area contributed by atoms with Crippen LogP contribution in [0.1, 0.15) is 28.6 Å². The third kappa shape index (κ3) is 3.60. The maximum atomic E-state index is 10.3. The topological polar surface area (TPSA) is 75.9 Å². The van der Waals surface area contributed by atoms with Crippen LogP contribution in [-0.4, -0.2) is 31.6 Å². The third-order valence-corrected chi connectivity index (χ3v) is 3.78. The van der Waals surface area contributed by atoms with E-state index >= 15 is 0 Å². The first-order valence-corrected chi connectivity index (χ1v) is 7.89. The number of hydrogen-bond donors (Lipinski definition) is 2. The normalized spacial score (nSPS) is 12.2. The van der Waals surface area contributed by atoms with E-state index in [2.05, 4.69) is 20.6 Å². The van der Waals surface area contributed by atoms with Gasteiger partial charge in [-0.05, 0) is 44.5 Å². The summed E-state index contributed by atoms with van der Waals surface area (Å²) < 4.78 is 1.76. The molecule has 0 aliphatic heterocycles. The fourth-order valence-electron chi connectivity index (χ4n) is 2.59. The van der Waals surface area contributed by atoms with E-state index in [1.54, 1.807) is 4.68 Å². The Kier molecular flexibility index (Phi) is 4.57. The fraction of sp³-hybridized carbons (Fsp3) is 0.278. The summed E-state index contributed by atoms with van der Waals surface area (Å²) >= 11 is 0. The van der Waals surface area contributed by atoms with E-state index in [-0.39, 0.29) is 0 Å². The first-order valence-electron chi connectivity index (χ1n) is 7.89. The van der Waals surface area contributed by atoms with Gasteiger partial charge in [0.25, 0.3) is 0 Å². The number of nitrogens with one attached hydrogen (secondary N) is 1. The highest BCUT2D eigenvalue weighted by molar-refractivity contribution is 5.37. The quantitative estimate of drug-likeness (QED) is 0.755. The van der Waals surface area contributed by atoms with Crippen LogP contribution >= 0.6 is 0 Å². The van der Waals surface area contributed by atoms with Gasteiger partial charge in [-0.25, -0.2) is 4.68 Å². The van der Waals surface area contributed by atoms with Gasteiger partial charge in [-0.15, -0.1) is 10.2 Å². The van der Waals surface area contributed by atoms with E-state index in [1.807, 2.05) is 63.2 Å². The monoisotopic (exact) mass is 323 g/mol. The second kappa shape index (κ2) is 6.80. The van der Waals surface area contributed by atoms with Crippen molar-refractivity contribution >= 4 is 5.82 Å². The summed E-state index contributed by atoms with van der Waals surface area (Å²) in [5.74, 6) is 1.29. The van der Waals surface area contributed by atoms with Crippen molar-refractivity contribution in [3.63, 3.8) is 0 Å². The number of aliphatic hydroxyl groups is 1. The number of aromatic nitrogens is 4. The number of nitrogens with zero attached hydrogens (tertiary/aromatic N) is 4. The number of anilines is 1. The summed E-state index contributed by atoms with van der Waals surface area (Å²) in [6.45, 7) is 6.30. The zero-order valence-electron chi connectivity index (χ0n) is 14.1. The van der Waals surface area contributed by atoms with Crippen LogP contribution in [-0.2, 0) is 0 Å². The van der Waals surface area contributed by atoms with Crippen molar-refractivity contribution in [1.29, 1.82) is 0 Å². The van der Waals surface area contributed by atoms with E-state index < -0.39 is 6.10 Å². The molecule has 2 aromatic heterocycles. The maximum absolute atomic E-state index is 10.3. The Morgan fingerprint density at radius 3 is 2.54 bits per heavy atom. The van der Waals surface area contributed by atoms with Crippen LogP contribution in [0.15, 0.2) is 42.5 Å². The molecule has 0 saturated carbocycles. The van der Waals surface area contributed by atoms with E-state index in [1.165, 1.54) is 0 Å². The second-order valence-corrected chi connectivity index (χ2v) is 5.93. The van der Waals surface area contributed by atoms with E-state index in [0.717, 1.165) is 22.5 Å². The minimum atomic E-state index is -0.595. The molecule has 0 aliphatic rings. The molecule has 6 nitrogen and oxygen atoms in total. The molecule has 1 unspecified atom stereocenters. The summed E-state index contributed by atoms with van der Waals surface area (Å²) in [7, 11) is 0. The zero-order valence-corrected chi connectivity index (χ0v) is 14.1. The van der Waals surface area contributed by atoms with E-state index in [9.17, 15) is 5.11 Å². The predicted octanol–water partition coefficient (Wildman–Crippen LogP) is 2.73. The van der Waals surface area contributed by atoms with Gasteiger partial charge in [0.15, 0.2) is 5.82 Å². The molecule has 0 saturated heterocycles. The van der Waals surface area contributed by atoms with Crippen molar-refractivity contribution in [3.8, 4) is 5.82 Å². The highest BCUT2D eigenvalue weighted by atomic mass is 16.3. The van der Waals surface area contributed by atoms with Gasteiger partial charge in [0.1, 0.15) is 5.82 Å². The Balaban J connectivity index is 1.65. The summed E-state index contributed by atoms with van der Waals surface area (Å²) in [5, 5.41) is 26.1. The Labute approximate surface area is 141 Å². The summed E-state index contributed by atoms with van der Waals surface area (Å²) in [4.78, 5) is 0. The standard InChI is InChI=1S/C18H21N5O/c1-12-5-4-6-15(9-12)16(24)11-19-17-7-8-18(21-20-17)23-14(3)10-13(2)22-23/h4-10,16,24H,11H2,1-3H3,(H,19,20). The molecule has 3 aromatic rings. The molecular formula is C18H21N5O. The number of aryl methyl sites for hydroxylation is 3. The van der Waals surface area contributed by atoms with Crippen LogP contribution < -0.4 is 5.32 Å². The molecule has 0 fully saturated rings. The van der Waals surface area contributed by atoms with Crippen LogP contribution in [0.25, 0.3) is 5.82 Å². The lowest BCUT2D eigenvalue weighted by molar-refractivity contribution is 0.191. The Morgan fingerprint density at radius 2 is 1.92 bits per heavy atom. The van der Waals surface area contributed by atoms with Crippen LogP contribution in [0.5, 0.6) is 0 Å². The molecule has 0 spiro atoms. The molecule has 1 atom stereocenters. The van der Waals surface area contributed by atoms with Gasteiger partial charge in [0.05, 0.1) is 11.8 Å². The average Bonchev–Trinajstić information content (AvgIpc) is 2.91. The molecule has 2 N–H and O–H groups in total. The molecule has 2 heterocycles. The molecule has 6 heteroatoms. The van der Waals surface area contributed by atoms with E-state index in [4.69, 9.17) is 0 Å². The number of aliphatic hydroxyl groups excluding tert-OH is 1. The Hall–Kier alpha value is -2.73. The lowest BCUT2D eigenvalue weighted by atomic mass is 10.1. The Bertz CT molecular complexity index is 826. The van der Waals surface area contributed by atoms with Crippen molar-refractivity contribution < 1.29 is 5.11 Å². The molecule has 24 heavy (non-hydrogen) atoms. The molecule has 0 aliphatic carbocycles. The molecule has 3 rings (SSSR count). The molecule has 124 valence electrons. The smallest absolute Gasteiger partial charge is 0.176 e.